The molecule has 1 fully saturated rings. The molecule has 3 aromatic rings. The Morgan fingerprint density at radius 3 is 2.59 bits per heavy atom. The summed E-state index contributed by atoms with van der Waals surface area (Å²) in [6, 6.07) is 7.56. The van der Waals surface area contributed by atoms with Crippen molar-refractivity contribution in [2.45, 2.75) is 46.3 Å². The van der Waals surface area contributed by atoms with Crippen LogP contribution in [-0.2, 0) is 24.4 Å². The molecule has 0 atom stereocenters. The van der Waals surface area contributed by atoms with Crippen LogP contribution in [0.25, 0.3) is 11.0 Å². The number of piperidine rings is 1. The zero-order chi connectivity index (χ0) is 20.4. The Morgan fingerprint density at radius 1 is 1.21 bits per heavy atom. The first kappa shape index (κ1) is 19.8. The van der Waals surface area contributed by atoms with Gasteiger partial charge in [-0.05, 0) is 50.9 Å². The second-order valence-corrected chi connectivity index (χ2v) is 8.61. The zero-order valence-corrected chi connectivity index (χ0v) is 17.7. The third-order valence-corrected chi connectivity index (χ3v) is 6.41. The van der Waals surface area contributed by atoms with E-state index in [-0.39, 0.29) is 18.1 Å². The van der Waals surface area contributed by atoms with E-state index in [0.29, 0.717) is 11.7 Å². The lowest BCUT2D eigenvalue weighted by molar-refractivity contribution is -0.116. The molecule has 1 aromatic carbocycles. The van der Waals surface area contributed by atoms with E-state index in [1.807, 2.05) is 36.6 Å². The number of carbonyl (C=O) groups is 1. The van der Waals surface area contributed by atoms with Crippen LogP contribution in [0.4, 0.5) is 5.13 Å². The summed E-state index contributed by atoms with van der Waals surface area (Å²) < 4.78 is 3.21. The Bertz CT molecular complexity index is 1060. The van der Waals surface area contributed by atoms with Crippen molar-refractivity contribution in [1.29, 1.82) is 0 Å². The molecule has 3 heterocycles. The fraction of sp³-hybridized carbons (Fsp3) is 0.476. The largest absolute Gasteiger partial charge is 0.329 e. The molecule has 1 aliphatic rings. The van der Waals surface area contributed by atoms with Gasteiger partial charge in [-0.15, -0.1) is 11.3 Å². The van der Waals surface area contributed by atoms with E-state index in [4.69, 9.17) is 0 Å². The predicted octanol–water partition coefficient (Wildman–Crippen LogP) is 3.15. The van der Waals surface area contributed by atoms with E-state index in [1.165, 1.54) is 28.7 Å². The Labute approximate surface area is 174 Å². The van der Waals surface area contributed by atoms with Gasteiger partial charge >= 0.3 is 5.69 Å². The highest BCUT2D eigenvalue weighted by Gasteiger charge is 2.18. The zero-order valence-electron chi connectivity index (χ0n) is 16.9. The molecule has 2 aromatic heterocycles. The molecule has 154 valence electrons. The van der Waals surface area contributed by atoms with Gasteiger partial charge in [0.05, 0.1) is 16.7 Å². The van der Waals surface area contributed by atoms with Gasteiger partial charge in [0.1, 0.15) is 6.54 Å². The van der Waals surface area contributed by atoms with E-state index in [2.05, 4.69) is 22.1 Å². The molecule has 8 heteroatoms. The molecule has 0 unspecified atom stereocenters. The molecule has 1 N–H and O–H groups in total. The van der Waals surface area contributed by atoms with Crippen LogP contribution < -0.4 is 11.0 Å². The number of nitrogens with zero attached hydrogens (tertiary/aromatic N) is 4. The second-order valence-electron chi connectivity index (χ2n) is 7.75. The number of nitrogens with one attached hydrogen (secondary N) is 1. The first-order chi connectivity index (χ1) is 14.0. The summed E-state index contributed by atoms with van der Waals surface area (Å²) in [6.45, 7) is 7.80. The van der Waals surface area contributed by atoms with Crippen molar-refractivity contribution >= 4 is 33.4 Å². The van der Waals surface area contributed by atoms with Crippen LogP contribution in [0.1, 0.15) is 32.4 Å². The molecular formula is C21H27N5O2S. The van der Waals surface area contributed by atoms with Crippen LogP contribution in [-0.4, -0.2) is 38.0 Å². The van der Waals surface area contributed by atoms with Gasteiger partial charge in [-0.25, -0.2) is 9.78 Å². The van der Waals surface area contributed by atoms with Gasteiger partial charge in [-0.1, -0.05) is 19.1 Å². The quantitative estimate of drug-likeness (QED) is 0.674. The molecule has 0 radical (unpaired) electrons. The van der Waals surface area contributed by atoms with E-state index in [9.17, 15) is 9.59 Å². The molecular weight excluding hydrogens is 386 g/mol. The summed E-state index contributed by atoms with van der Waals surface area (Å²) >= 11 is 1.43. The topological polar surface area (TPSA) is 72.2 Å². The van der Waals surface area contributed by atoms with Crippen molar-refractivity contribution in [2.24, 2.45) is 5.92 Å². The van der Waals surface area contributed by atoms with Crippen LogP contribution >= 0.6 is 11.3 Å². The summed E-state index contributed by atoms with van der Waals surface area (Å²) in [5.74, 6) is 0.567. The maximum absolute atomic E-state index is 12.7. The van der Waals surface area contributed by atoms with Crippen LogP contribution in [0.5, 0.6) is 0 Å². The molecule has 0 spiro atoms. The predicted molar refractivity (Wildman–Crippen MR) is 116 cm³/mol. The summed E-state index contributed by atoms with van der Waals surface area (Å²) in [6.07, 6.45) is 2.46. The van der Waals surface area contributed by atoms with Crippen molar-refractivity contribution in [1.82, 2.24) is 19.0 Å². The van der Waals surface area contributed by atoms with Gasteiger partial charge in [-0.3, -0.25) is 18.8 Å². The van der Waals surface area contributed by atoms with Gasteiger partial charge < -0.3 is 5.32 Å². The maximum Gasteiger partial charge on any atom is 0.329 e. The van der Waals surface area contributed by atoms with Gasteiger partial charge in [0, 0.05) is 18.5 Å². The normalized spacial score (nSPS) is 15.8. The highest BCUT2D eigenvalue weighted by atomic mass is 32.1. The molecule has 4 rings (SSSR count). The number of thiazole rings is 1. The van der Waals surface area contributed by atoms with Crippen molar-refractivity contribution in [3.63, 3.8) is 0 Å². The Balaban J connectivity index is 1.42. The SMILES string of the molecule is CCn1c(=O)n(CC(=O)Nc2nc(CN3CCC(C)CC3)cs2)c2ccccc21. The molecule has 1 saturated heterocycles. The molecule has 0 saturated carbocycles. The van der Waals surface area contributed by atoms with Crippen LogP contribution in [0.2, 0.25) is 0 Å². The average molecular weight is 414 g/mol. The van der Waals surface area contributed by atoms with Crippen molar-refractivity contribution in [3.05, 3.63) is 45.8 Å². The number of para-hydroxylation sites is 2. The fourth-order valence-electron chi connectivity index (χ4n) is 3.92. The summed E-state index contributed by atoms with van der Waals surface area (Å²) in [5, 5.41) is 5.44. The van der Waals surface area contributed by atoms with E-state index >= 15 is 0 Å². The highest BCUT2D eigenvalue weighted by molar-refractivity contribution is 7.13. The summed E-state index contributed by atoms with van der Waals surface area (Å²) in [4.78, 5) is 32.3. The number of anilines is 1. The number of amides is 1. The van der Waals surface area contributed by atoms with Gasteiger partial charge in [0.25, 0.3) is 0 Å². The first-order valence-electron chi connectivity index (χ1n) is 10.2. The minimum Gasteiger partial charge on any atom is -0.300 e. The number of aryl methyl sites for hydroxylation is 1. The second kappa shape index (κ2) is 8.51. The van der Waals surface area contributed by atoms with Crippen molar-refractivity contribution in [3.8, 4) is 0 Å². The maximum atomic E-state index is 12.7. The van der Waals surface area contributed by atoms with E-state index in [1.54, 1.807) is 4.57 Å². The number of hydrogen-bond donors (Lipinski definition) is 1. The molecule has 1 amide bonds. The minimum atomic E-state index is -0.237. The molecule has 0 aliphatic carbocycles. The number of imidazole rings is 1. The minimum absolute atomic E-state index is 0.0225. The number of aromatic nitrogens is 3. The smallest absolute Gasteiger partial charge is 0.300 e. The number of hydrogen-bond acceptors (Lipinski definition) is 5. The average Bonchev–Trinajstić information content (AvgIpc) is 3.26. The number of likely N-dealkylation sites (tertiary alicyclic amines) is 1. The van der Waals surface area contributed by atoms with E-state index in [0.717, 1.165) is 42.3 Å². The molecule has 7 nitrogen and oxygen atoms in total. The monoisotopic (exact) mass is 413 g/mol. The number of rotatable bonds is 6. The van der Waals surface area contributed by atoms with Crippen LogP contribution in [0.3, 0.4) is 0 Å². The first-order valence-corrected chi connectivity index (χ1v) is 11.1. The molecule has 29 heavy (non-hydrogen) atoms. The lowest BCUT2D eigenvalue weighted by Gasteiger charge is -2.29. The number of fused-ring (bicyclic) bond motifs is 1. The molecule has 0 bridgehead atoms. The lowest BCUT2D eigenvalue weighted by atomic mass is 9.99. The number of carbonyl (C=O) groups excluding carboxylic acids is 1. The van der Waals surface area contributed by atoms with Gasteiger partial charge in [0.15, 0.2) is 5.13 Å². The Hall–Kier alpha value is -2.45. The third kappa shape index (κ3) is 4.28. The number of benzene rings is 1. The standard InChI is InChI=1S/C21H27N5O2S/c1-3-25-17-6-4-5-7-18(17)26(21(25)28)13-19(27)23-20-22-16(14-29-20)12-24-10-8-15(2)9-11-24/h4-7,14-15H,3,8-13H2,1-2H3,(H,22,23,27). The van der Waals surface area contributed by atoms with E-state index < -0.39 is 0 Å². The van der Waals surface area contributed by atoms with Crippen LogP contribution in [0.15, 0.2) is 34.4 Å². The van der Waals surface area contributed by atoms with Gasteiger partial charge in [-0.2, -0.15) is 0 Å². The van der Waals surface area contributed by atoms with Gasteiger partial charge in [0.2, 0.25) is 5.91 Å². The summed E-state index contributed by atoms with van der Waals surface area (Å²) in [5.41, 5.74) is 2.44. The van der Waals surface area contributed by atoms with Crippen molar-refractivity contribution < 1.29 is 4.79 Å². The van der Waals surface area contributed by atoms with Crippen LogP contribution in [0, 0.1) is 5.92 Å². The lowest BCUT2D eigenvalue weighted by Crippen LogP contribution is -2.32. The fourth-order valence-corrected chi connectivity index (χ4v) is 4.64. The Kier molecular flexibility index (Phi) is 5.82. The molecule has 1 aliphatic heterocycles. The third-order valence-electron chi connectivity index (χ3n) is 5.60. The van der Waals surface area contributed by atoms with Crippen molar-refractivity contribution in [2.75, 3.05) is 18.4 Å². The summed E-state index contributed by atoms with van der Waals surface area (Å²) in [7, 11) is 0. The highest BCUT2D eigenvalue weighted by Crippen LogP contribution is 2.21. The Morgan fingerprint density at radius 2 is 1.90 bits per heavy atom.